The van der Waals surface area contributed by atoms with Gasteiger partial charge in [-0.05, 0) is 66.4 Å². The van der Waals surface area contributed by atoms with E-state index in [0.29, 0.717) is 40.5 Å². The monoisotopic (exact) mass is 473 g/mol. The van der Waals surface area contributed by atoms with Gasteiger partial charge in [-0.2, -0.15) is 0 Å². The van der Waals surface area contributed by atoms with Gasteiger partial charge in [0, 0.05) is 11.5 Å². The first-order valence-electron chi connectivity index (χ1n) is 11.4. The molecule has 0 aliphatic rings. The molecule has 1 aromatic heterocycles. The minimum absolute atomic E-state index is 0.00721. The number of esters is 2. The first-order valence-corrected chi connectivity index (χ1v) is 11.4. The van der Waals surface area contributed by atoms with Gasteiger partial charge < -0.3 is 18.7 Å². The number of ether oxygens (including phenoxy) is 3. The van der Waals surface area contributed by atoms with Gasteiger partial charge in [0.1, 0.15) is 23.8 Å². The van der Waals surface area contributed by atoms with Crippen molar-refractivity contribution in [3.8, 4) is 11.5 Å². The number of aromatic nitrogens is 1. The predicted molar refractivity (Wildman–Crippen MR) is 131 cm³/mol. The highest BCUT2D eigenvalue weighted by molar-refractivity contribution is 5.92. The van der Waals surface area contributed by atoms with Crippen LogP contribution in [0.25, 0.3) is 11.0 Å². The Morgan fingerprint density at radius 2 is 1.49 bits per heavy atom. The second-order valence-electron chi connectivity index (χ2n) is 9.04. The maximum absolute atomic E-state index is 12.6. The van der Waals surface area contributed by atoms with Crippen molar-refractivity contribution >= 4 is 22.9 Å². The largest absolute Gasteiger partial charge is 0.487 e. The second kappa shape index (κ2) is 10.0. The van der Waals surface area contributed by atoms with Crippen molar-refractivity contribution in [1.82, 2.24) is 5.16 Å². The first kappa shape index (κ1) is 24.0. The van der Waals surface area contributed by atoms with E-state index in [4.69, 9.17) is 18.7 Å². The molecule has 0 saturated heterocycles. The van der Waals surface area contributed by atoms with Crippen molar-refractivity contribution in [1.29, 1.82) is 0 Å². The number of carbonyl (C=O) groups excluding carboxylic acids is 2. The highest BCUT2D eigenvalue weighted by Gasteiger charge is 2.16. The fourth-order valence-electron chi connectivity index (χ4n) is 3.46. The molecule has 0 N–H and O–H groups in total. The average Bonchev–Trinajstić information content (AvgIpc) is 3.25. The third-order valence-electron chi connectivity index (χ3n) is 5.46. The molecule has 0 radical (unpaired) electrons. The molecule has 7 nitrogen and oxygen atoms in total. The summed E-state index contributed by atoms with van der Waals surface area (Å²) >= 11 is 0. The smallest absolute Gasteiger partial charge is 0.343 e. The highest BCUT2D eigenvalue weighted by Crippen LogP contribution is 2.26. The molecule has 0 aliphatic carbocycles. The van der Waals surface area contributed by atoms with Crippen LogP contribution in [-0.2, 0) is 16.8 Å². The van der Waals surface area contributed by atoms with Gasteiger partial charge in [0.15, 0.2) is 5.58 Å². The SMILES string of the molecule is CCOC(=O)c1ccc(OCc2noc3cc(OC(=O)c4ccc(C(C)(C)C)cc4)ccc23)cc1. The number of hydrogen-bond donors (Lipinski definition) is 0. The third-order valence-corrected chi connectivity index (χ3v) is 5.46. The number of benzene rings is 3. The van der Waals surface area contributed by atoms with E-state index in [0.717, 1.165) is 10.9 Å². The molecule has 0 spiro atoms. The summed E-state index contributed by atoms with van der Waals surface area (Å²) in [5.41, 5.74) is 3.16. The average molecular weight is 474 g/mol. The molecule has 0 fully saturated rings. The van der Waals surface area contributed by atoms with Gasteiger partial charge in [-0.1, -0.05) is 38.1 Å². The molecule has 180 valence electrons. The lowest BCUT2D eigenvalue weighted by Gasteiger charge is -2.18. The molecule has 0 unspecified atom stereocenters. The van der Waals surface area contributed by atoms with E-state index in [9.17, 15) is 9.59 Å². The molecule has 0 atom stereocenters. The van der Waals surface area contributed by atoms with Crippen molar-refractivity contribution in [2.45, 2.75) is 39.7 Å². The summed E-state index contributed by atoms with van der Waals surface area (Å²) in [6.07, 6.45) is 0. The summed E-state index contributed by atoms with van der Waals surface area (Å²) < 4.78 is 21.7. The maximum Gasteiger partial charge on any atom is 0.343 e. The molecular weight excluding hydrogens is 446 g/mol. The van der Waals surface area contributed by atoms with E-state index in [1.165, 1.54) is 0 Å². The van der Waals surface area contributed by atoms with Gasteiger partial charge in [-0.15, -0.1) is 0 Å². The summed E-state index contributed by atoms with van der Waals surface area (Å²) in [5, 5.41) is 4.83. The van der Waals surface area contributed by atoms with Crippen molar-refractivity contribution in [3.63, 3.8) is 0 Å². The first-order chi connectivity index (χ1) is 16.7. The zero-order valence-electron chi connectivity index (χ0n) is 20.2. The number of hydrogen-bond acceptors (Lipinski definition) is 7. The van der Waals surface area contributed by atoms with Crippen molar-refractivity contribution < 1.29 is 28.3 Å². The quantitative estimate of drug-likeness (QED) is 0.237. The summed E-state index contributed by atoms with van der Waals surface area (Å²) in [6, 6.07) is 19.2. The normalized spacial score (nSPS) is 11.3. The van der Waals surface area contributed by atoms with Crippen molar-refractivity contribution in [3.05, 3.63) is 89.1 Å². The Morgan fingerprint density at radius 1 is 0.857 bits per heavy atom. The Balaban J connectivity index is 1.40. The van der Waals surface area contributed by atoms with Crippen LogP contribution in [0.15, 0.2) is 71.3 Å². The van der Waals surface area contributed by atoms with E-state index in [-0.39, 0.29) is 18.0 Å². The van der Waals surface area contributed by atoms with Crippen LogP contribution in [0, 0.1) is 0 Å². The summed E-state index contributed by atoms with van der Waals surface area (Å²) in [7, 11) is 0. The Morgan fingerprint density at radius 3 is 2.14 bits per heavy atom. The van der Waals surface area contributed by atoms with Gasteiger partial charge in [0.05, 0.1) is 17.7 Å². The minimum atomic E-state index is -0.445. The van der Waals surface area contributed by atoms with Gasteiger partial charge in [-0.25, -0.2) is 9.59 Å². The third kappa shape index (κ3) is 5.69. The van der Waals surface area contributed by atoms with Crippen molar-refractivity contribution in [2.75, 3.05) is 6.61 Å². The Bertz CT molecular complexity index is 1330. The molecule has 0 saturated carbocycles. The standard InChI is InChI=1S/C28H27NO6/c1-5-32-26(30)18-8-12-21(13-9-18)33-17-24-23-15-14-22(16-25(23)35-29-24)34-27(31)19-6-10-20(11-7-19)28(2,3)4/h6-16H,5,17H2,1-4H3. The van der Waals surface area contributed by atoms with Gasteiger partial charge in [0.2, 0.25) is 0 Å². The van der Waals surface area contributed by atoms with E-state index < -0.39 is 5.97 Å². The molecule has 0 amide bonds. The molecule has 3 aromatic carbocycles. The van der Waals surface area contributed by atoms with Gasteiger partial charge in [0.25, 0.3) is 0 Å². The number of carbonyl (C=O) groups is 2. The fraction of sp³-hybridized carbons (Fsp3) is 0.250. The molecular formula is C28H27NO6. The van der Waals surface area contributed by atoms with Crippen molar-refractivity contribution in [2.24, 2.45) is 0 Å². The molecule has 1 heterocycles. The van der Waals surface area contributed by atoms with E-state index in [1.54, 1.807) is 61.5 Å². The van der Waals surface area contributed by atoms with Crippen LogP contribution in [0.5, 0.6) is 11.5 Å². The van der Waals surface area contributed by atoms with Crippen LogP contribution in [0.1, 0.15) is 59.7 Å². The molecule has 0 aliphatic heterocycles. The Labute approximate surface area is 203 Å². The molecule has 0 bridgehead atoms. The molecule has 4 rings (SSSR count). The van der Waals surface area contributed by atoms with Crippen LogP contribution >= 0.6 is 0 Å². The minimum Gasteiger partial charge on any atom is -0.487 e. The summed E-state index contributed by atoms with van der Waals surface area (Å²) in [4.78, 5) is 24.3. The van der Waals surface area contributed by atoms with Crippen LogP contribution in [0.3, 0.4) is 0 Å². The van der Waals surface area contributed by atoms with E-state index >= 15 is 0 Å². The highest BCUT2D eigenvalue weighted by atomic mass is 16.5. The van der Waals surface area contributed by atoms with Gasteiger partial charge >= 0.3 is 11.9 Å². The molecule has 4 aromatic rings. The lowest BCUT2D eigenvalue weighted by atomic mass is 9.87. The van der Waals surface area contributed by atoms with Gasteiger partial charge in [-0.3, -0.25) is 0 Å². The lowest BCUT2D eigenvalue weighted by Crippen LogP contribution is -2.12. The second-order valence-corrected chi connectivity index (χ2v) is 9.04. The lowest BCUT2D eigenvalue weighted by molar-refractivity contribution is 0.0526. The molecule has 35 heavy (non-hydrogen) atoms. The number of rotatable bonds is 7. The maximum atomic E-state index is 12.6. The summed E-state index contributed by atoms with van der Waals surface area (Å²) in [5.74, 6) is 0.122. The van der Waals surface area contributed by atoms with Crippen LogP contribution < -0.4 is 9.47 Å². The number of fused-ring (bicyclic) bond motifs is 1. The van der Waals surface area contributed by atoms with E-state index in [1.807, 2.05) is 12.1 Å². The topological polar surface area (TPSA) is 87.9 Å². The van der Waals surface area contributed by atoms with Crippen LogP contribution in [-0.4, -0.2) is 23.7 Å². The number of nitrogens with zero attached hydrogens (tertiary/aromatic N) is 1. The zero-order valence-corrected chi connectivity index (χ0v) is 20.2. The van der Waals surface area contributed by atoms with E-state index in [2.05, 4.69) is 25.9 Å². The fourth-order valence-corrected chi connectivity index (χ4v) is 3.46. The van der Waals surface area contributed by atoms with Crippen LogP contribution in [0.4, 0.5) is 0 Å². The Hall–Kier alpha value is -4.13. The van der Waals surface area contributed by atoms with Crippen LogP contribution in [0.2, 0.25) is 0 Å². The predicted octanol–water partition coefficient (Wildman–Crippen LogP) is 6.10. The molecule has 7 heteroatoms. The Kier molecular flexibility index (Phi) is 6.87. The summed E-state index contributed by atoms with van der Waals surface area (Å²) in [6.45, 7) is 8.61. The zero-order chi connectivity index (χ0) is 25.0.